The van der Waals surface area contributed by atoms with Crippen LogP contribution in [0.2, 0.25) is 10.0 Å². The van der Waals surface area contributed by atoms with Gasteiger partial charge in [-0.15, -0.1) is 0 Å². The van der Waals surface area contributed by atoms with Crippen molar-refractivity contribution in [3.05, 3.63) is 31.1 Å². The van der Waals surface area contributed by atoms with Gasteiger partial charge in [-0.05, 0) is 6.07 Å². The van der Waals surface area contributed by atoms with E-state index < -0.39 is 23.1 Å². The Morgan fingerprint density at radius 3 is 2.71 bits per heavy atom. The number of nitroso groups, excluding NO2 is 1. The fourth-order valence-electron chi connectivity index (χ4n) is 1.52. The van der Waals surface area contributed by atoms with Gasteiger partial charge >= 0.3 is 11.4 Å². The molecule has 0 spiro atoms. The number of carbonyl (C=O) groups is 1. The molecule has 1 aliphatic rings. The lowest BCUT2D eigenvalue weighted by atomic mass is 10.2. The largest absolute Gasteiger partial charge is 0.366 e. The number of fused-ring (bicyclic) bond motifs is 1. The maximum absolute atomic E-state index is 11.5. The van der Waals surface area contributed by atoms with Crippen LogP contribution in [0.15, 0.2) is 6.07 Å². The van der Waals surface area contributed by atoms with Crippen LogP contribution in [-0.4, -0.2) is 22.1 Å². The van der Waals surface area contributed by atoms with Crippen molar-refractivity contribution >= 4 is 46.2 Å². The van der Waals surface area contributed by atoms with Gasteiger partial charge in [-0.3, -0.25) is 14.9 Å². The lowest BCUT2D eigenvalue weighted by Crippen LogP contribution is -2.28. The SMILES string of the molecule is O=C1C[N+](=O)c2c(cc(Cl)c(Cl)c2[N+](=O)[O-])N1. The Balaban J connectivity index is 2.79. The third-order valence-electron chi connectivity index (χ3n) is 2.16. The van der Waals surface area contributed by atoms with Crippen LogP contribution in [0.5, 0.6) is 0 Å². The number of nitro groups is 1. The topological polar surface area (TPSA) is 92.3 Å². The van der Waals surface area contributed by atoms with E-state index in [2.05, 4.69) is 5.32 Å². The number of nitrogens with one attached hydrogen (secondary N) is 1. The van der Waals surface area contributed by atoms with Crippen LogP contribution in [-0.2, 0) is 4.79 Å². The van der Waals surface area contributed by atoms with E-state index in [1.54, 1.807) is 0 Å². The minimum Gasteiger partial charge on any atom is -0.314 e. The first kappa shape index (κ1) is 11.7. The summed E-state index contributed by atoms with van der Waals surface area (Å²) in [6.45, 7) is -0.522. The van der Waals surface area contributed by atoms with Crippen molar-refractivity contribution in [2.24, 2.45) is 0 Å². The zero-order valence-corrected chi connectivity index (χ0v) is 9.58. The maximum atomic E-state index is 11.5. The molecule has 9 heteroatoms. The molecule has 0 unspecified atom stereocenters. The zero-order valence-electron chi connectivity index (χ0n) is 8.07. The Kier molecular flexibility index (Phi) is 2.72. The molecule has 0 atom stereocenters. The molecule has 88 valence electrons. The summed E-state index contributed by atoms with van der Waals surface area (Å²) in [6.07, 6.45) is 0. The van der Waals surface area contributed by atoms with Gasteiger partial charge in [0.05, 0.1) is 14.7 Å². The monoisotopic (exact) mass is 276 g/mol. The highest BCUT2D eigenvalue weighted by Gasteiger charge is 2.41. The van der Waals surface area contributed by atoms with Gasteiger partial charge < -0.3 is 5.32 Å². The summed E-state index contributed by atoms with van der Waals surface area (Å²) < 4.78 is 0.217. The Morgan fingerprint density at radius 2 is 2.12 bits per heavy atom. The van der Waals surface area contributed by atoms with Crippen molar-refractivity contribution in [1.82, 2.24) is 0 Å². The first-order valence-electron chi connectivity index (χ1n) is 4.32. The molecule has 0 bridgehead atoms. The fraction of sp³-hybridized carbons (Fsp3) is 0.125. The van der Waals surface area contributed by atoms with Crippen LogP contribution >= 0.6 is 23.2 Å². The average Bonchev–Trinajstić information content (AvgIpc) is 2.20. The Hall–Kier alpha value is -1.73. The molecule has 0 saturated heterocycles. The molecule has 2 rings (SSSR count). The summed E-state index contributed by atoms with van der Waals surface area (Å²) in [7, 11) is 0. The van der Waals surface area contributed by atoms with E-state index in [4.69, 9.17) is 23.2 Å². The number of anilines is 1. The number of nitrogens with zero attached hydrogens (tertiary/aromatic N) is 2. The standard InChI is InChI=1S/C8H3Cl2N3O4/c9-3-1-4-7(8(6(3)10)13(16)17)12(15)2-5(14)11-4/h1H,2H2/p+1. The number of benzene rings is 1. The zero-order chi connectivity index (χ0) is 12.7. The number of amides is 1. The predicted octanol–water partition coefficient (Wildman–Crippen LogP) is 2.26. The molecular weight excluding hydrogens is 273 g/mol. The smallest absolute Gasteiger partial charge is 0.314 e. The first-order valence-corrected chi connectivity index (χ1v) is 5.08. The number of rotatable bonds is 1. The average molecular weight is 277 g/mol. The van der Waals surface area contributed by atoms with Gasteiger partial charge in [-0.1, -0.05) is 23.2 Å². The summed E-state index contributed by atoms with van der Waals surface area (Å²) >= 11 is 11.4. The lowest BCUT2D eigenvalue weighted by molar-refractivity contribution is -0.466. The van der Waals surface area contributed by atoms with E-state index in [1.165, 1.54) is 6.07 Å². The molecule has 1 aliphatic heterocycles. The van der Waals surface area contributed by atoms with Crippen molar-refractivity contribution in [3.8, 4) is 0 Å². The van der Waals surface area contributed by atoms with Gasteiger partial charge in [0, 0.05) is 4.91 Å². The minimum atomic E-state index is -0.810. The van der Waals surface area contributed by atoms with Gasteiger partial charge in [0.25, 0.3) is 12.5 Å². The summed E-state index contributed by atoms with van der Waals surface area (Å²) in [5.41, 5.74) is -0.912. The third kappa shape index (κ3) is 1.83. The molecule has 0 aromatic heterocycles. The molecule has 0 radical (unpaired) electrons. The molecule has 0 aliphatic carbocycles. The van der Waals surface area contributed by atoms with Crippen LogP contribution in [0.4, 0.5) is 17.1 Å². The molecule has 1 aromatic rings. The van der Waals surface area contributed by atoms with Gasteiger partial charge in [0.15, 0.2) is 0 Å². The number of carbonyl (C=O) groups excluding carboxylic acids is 1. The van der Waals surface area contributed by atoms with Crippen LogP contribution < -0.4 is 5.32 Å². The molecule has 0 saturated carbocycles. The van der Waals surface area contributed by atoms with Crippen molar-refractivity contribution < 1.29 is 14.5 Å². The van der Waals surface area contributed by atoms with Gasteiger partial charge in [0.1, 0.15) is 10.7 Å². The third-order valence-corrected chi connectivity index (χ3v) is 2.94. The van der Waals surface area contributed by atoms with E-state index in [1.807, 2.05) is 0 Å². The maximum Gasteiger partial charge on any atom is 0.366 e. The quantitative estimate of drug-likeness (QED) is 0.484. The second-order valence-corrected chi connectivity index (χ2v) is 4.04. The highest BCUT2D eigenvalue weighted by Crippen LogP contribution is 2.45. The molecule has 1 N–H and O–H groups in total. The molecular formula is C8H4Cl2N3O4+. The molecule has 0 fully saturated rings. The van der Waals surface area contributed by atoms with Gasteiger partial charge in [-0.25, -0.2) is 0 Å². The van der Waals surface area contributed by atoms with Crippen LogP contribution in [0.3, 0.4) is 0 Å². The molecule has 7 nitrogen and oxygen atoms in total. The van der Waals surface area contributed by atoms with Gasteiger partial charge in [0.2, 0.25) is 0 Å². The van der Waals surface area contributed by atoms with E-state index in [9.17, 15) is 19.8 Å². The van der Waals surface area contributed by atoms with E-state index >= 15 is 0 Å². The van der Waals surface area contributed by atoms with Crippen molar-refractivity contribution in [2.75, 3.05) is 11.9 Å². The van der Waals surface area contributed by atoms with Gasteiger partial charge in [-0.2, -0.15) is 0 Å². The fourth-order valence-corrected chi connectivity index (χ4v) is 1.93. The molecule has 1 heterocycles. The van der Waals surface area contributed by atoms with Crippen LogP contribution in [0.25, 0.3) is 0 Å². The first-order chi connectivity index (χ1) is 7.91. The highest BCUT2D eigenvalue weighted by molar-refractivity contribution is 6.44. The summed E-state index contributed by atoms with van der Waals surface area (Å²) in [6, 6.07) is 1.20. The number of halogens is 2. The summed E-state index contributed by atoms with van der Waals surface area (Å²) in [5.74, 6) is -0.569. The number of hydrogen-bond acceptors (Lipinski definition) is 4. The Morgan fingerprint density at radius 1 is 1.47 bits per heavy atom. The second kappa shape index (κ2) is 3.94. The predicted molar refractivity (Wildman–Crippen MR) is 59.9 cm³/mol. The molecule has 1 amide bonds. The van der Waals surface area contributed by atoms with Crippen LogP contribution in [0, 0.1) is 15.0 Å². The summed E-state index contributed by atoms with van der Waals surface area (Å²) in [5, 5.41) is 12.8. The van der Waals surface area contributed by atoms with Crippen molar-refractivity contribution in [3.63, 3.8) is 0 Å². The van der Waals surface area contributed by atoms with Crippen molar-refractivity contribution in [1.29, 1.82) is 0 Å². The molecule has 1 aromatic carbocycles. The lowest BCUT2D eigenvalue weighted by Gasteiger charge is -2.10. The minimum absolute atomic E-state index is 0.0163. The van der Waals surface area contributed by atoms with E-state index in [0.29, 0.717) is 0 Å². The van der Waals surface area contributed by atoms with Crippen LogP contribution in [0.1, 0.15) is 0 Å². The second-order valence-electron chi connectivity index (χ2n) is 3.26. The molecule has 17 heavy (non-hydrogen) atoms. The van der Waals surface area contributed by atoms with E-state index in [-0.39, 0.29) is 26.2 Å². The van der Waals surface area contributed by atoms with E-state index in [0.717, 1.165) is 0 Å². The normalized spacial score (nSPS) is 14.2. The Bertz CT molecular complexity index is 572. The summed E-state index contributed by atoms with van der Waals surface area (Å²) in [4.78, 5) is 32.7. The highest BCUT2D eigenvalue weighted by atomic mass is 35.5. The number of nitro benzene ring substituents is 1. The van der Waals surface area contributed by atoms with Crippen molar-refractivity contribution in [2.45, 2.75) is 0 Å². The number of hydrogen-bond donors (Lipinski definition) is 1. The Labute approximate surface area is 104 Å².